The summed E-state index contributed by atoms with van der Waals surface area (Å²) in [6, 6.07) is 15.5. The third-order valence-corrected chi connectivity index (χ3v) is 4.52. The highest BCUT2D eigenvalue weighted by atomic mass is 19.1. The SMILES string of the molecule is COc1ccccc1C1C(C#N)=C(N)Oc2n[nH]c(-c3ccc(F)cc3)c21. The largest absolute Gasteiger partial charge is 0.496 e. The van der Waals surface area contributed by atoms with E-state index in [9.17, 15) is 9.65 Å². The van der Waals surface area contributed by atoms with E-state index in [1.165, 1.54) is 12.1 Å². The highest BCUT2D eigenvalue weighted by Gasteiger charge is 2.36. The van der Waals surface area contributed by atoms with Gasteiger partial charge in [-0.2, -0.15) is 5.26 Å². The van der Waals surface area contributed by atoms with Crippen LogP contribution in [0.1, 0.15) is 17.0 Å². The van der Waals surface area contributed by atoms with E-state index in [0.717, 1.165) is 5.56 Å². The number of H-pyrrole nitrogens is 1. The Hall–Kier alpha value is -3.79. The van der Waals surface area contributed by atoms with E-state index < -0.39 is 5.92 Å². The molecule has 2 aromatic carbocycles. The smallest absolute Gasteiger partial charge is 0.244 e. The molecule has 0 aliphatic carbocycles. The first-order valence-corrected chi connectivity index (χ1v) is 8.18. The van der Waals surface area contributed by atoms with Crippen molar-refractivity contribution in [3.8, 4) is 29.0 Å². The van der Waals surface area contributed by atoms with Crippen LogP contribution in [0.25, 0.3) is 11.3 Å². The van der Waals surface area contributed by atoms with Crippen LogP contribution in [0.4, 0.5) is 4.39 Å². The van der Waals surface area contributed by atoms with Gasteiger partial charge in [-0.25, -0.2) is 4.39 Å². The van der Waals surface area contributed by atoms with Crippen molar-refractivity contribution in [2.75, 3.05) is 7.11 Å². The topological polar surface area (TPSA) is 96.9 Å². The molecule has 1 atom stereocenters. The molecule has 4 rings (SSSR count). The van der Waals surface area contributed by atoms with Gasteiger partial charge in [-0.05, 0) is 30.3 Å². The van der Waals surface area contributed by atoms with Crippen molar-refractivity contribution in [1.82, 2.24) is 10.2 Å². The van der Waals surface area contributed by atoms with Crippen molar-refractivity contribution in [2.24, 2.45) is 5.73 Å². The highest BCUT2D eigenvalue weighted by molar-refractivity contribution is 5.71. The van der Waals surface area contributed by atoms with Gasteiger partial charge in [0.1, 0.15) is 23.2 Å². The Balaban J connectivity index is 1.97. The number of nitrogens with two attached hydrogens (primary N) is 1. The third-order valence-electron chi connectivity index (χ3n) is 4.52. The molecule has 3 N–H and O–H groups in total. The lowest BCUT2D eigenvalue weighted by molar-refractivity contribution is 0.375. The van der Waals surface area contributed by atoms with Crippen LogP contribution in [-0.2, 0) is 0 Å². The summed E-state index contributed by atoms with van der Waals surface area (Å²) >= 11 is 0. The van der Waals surface area contributed by atoms with Crippen molar-refractivity contribution in [3.05, 3.63) is 76.9 Å². The maximum absolute atomic E-state index is 13.3. The van der Waals surface area contributed by atoms with Crippen LogP contribution in [0.3, 0.4) is 0 Å². The Morgan fingerprint density at radius 3 is 2.67 bits per heavy atom. The minimum atomic E-state index is -0.534. The van der Waals surface area contributed by atoms with E-state index in [1.807, 2.05) is 24.3 Å². The first-order chi connectivity index (χ1) is 13.1. The number of hydrogen-bond donors (Lipinski definition) is 2. The van der Waals surface area contributed by atoms with Gasteiger partial charge in [-0.3, -0.25) is 5.10 Å². The molecular weight excluding hydrogens is 347 g/mol. The Kier molecular flexibility index (Phi) is 4.01. The number of nitrogens with zero attached hydrogens (tertiary/aromatic N) is 2. The number of aromatic amines is 1. The van der Waals surface area contributed by atoms with Crippen LogP contribution in [0.15, 0.2) is 60.0 Å². The second-order valence-corrected chi connectivity index (χ2v) is 5.99. The van der Waals surface area contributed by atoms with Crippen LogP contribution >= 0.6 is 0 Å². The minimum Gasteiger partial charge on any atom is -0.496 e. The molecule has 0 fully saturated rings. The average Bonchev–Trinajstić information content (AvgIpc) is 3.10. The fourth-order valence-electron chi connectivity index (χ4n) is 3.30. The average molecular weight is 362 g/mol. The second-order valence-electron chi connectivity index (χ2n) is 5.99. The lowest BCUT2D eigenvalue weighted by atomic mass is 9.82. The normalized spacial score (nSPS) is 15.7. The molecule has 1 aliphatic heterocycles. The van der Waals surface area contributed by atoms with Gasteiger partial charge in [0.05, 0.1) is 24.3 Å². The van der Waals surface area contributed by atoms with Crippen molar-refractivity contribution >= 4 is 0 Å². The van der Waals surface area contributed by atoms with Crippen molar-refractivity contribution < 1.29 is 13.9 Å². The van der Waals surface area contributed by atoms with Crippen molar-refractivity contribution in [2.45, 2.75) is 5.92 Å². The van der Waals surface area contributed by atoms with Crippen LogP contribution in [0.2, 0.25) is 0 Å². The number of aromatic nitrogens is 2. The number of benzene rings is 2. The number of allylic oxidation sites excluding steroid dienone is 1. The predicted octanol–water partition coefficient (Wildman–Crippen LogP) is 3.44. The number of para-hydroxylation sites is 1. The predicted molar refractivity (Wildman–Crippen MR) is 96.3 cm³/mol. The molecule has 1 aromatic heterocycles. The van der Waals surface area contributed by atoms with Crippen LogP contribution in [0, 0.1) is 17.1 Å². The number of rotatable bonds is 3. The molecule has 0 saturated heterocycles. The zero-order valence-electron chi connectivity index (χ0n) is 14.4. The van der Waals surface area contributed by atoms with Gasteiger partial charge in [0, 0.05) is 11.1 Å². The molecule has 6 nitrogen and oxygen atoms in total. The lowest BCUT2D eigenvalue weighted by Gasteiger charge is -2.25. The molecule has 0 saturated carbocycles. The molecule has 0 bridgehead atoms. The quantitative estimate of drug-likeness (QED) is 0.744. The van der Waals surface area contributed by atoms with Gasteiger partial charge < -0.3 is 15.2 Å². The molecule has 27 heavy (non-hydrogen) atoms. The summed E-state index contributed by atoms with van der Waals surface area (Å²) in [4.78, 5) is 0. The first-order valence-electron chi connectivity index (χ1n) is 8.18. The van der Waals surface area contributed by atoms with Gasteiger partial charge >= 0.3 is 0 Å². The summed E-state index contributed by atoms with van der Waals surface area (Å²) in [6.07, 6.45) is 0. The fraction of sp³-hybridized carbons (Fsp3) is 0.100. The maximum Gasteiger partial charge on any atom is 0.244 e. The summed E-state index contributed by atoms with van der Waals surface area (Å²) < 4.78 is 24.4. The molecule has 0 amide bonds. The zero-order valence-corrected chi connectivity index (χ0v) is 14.4. The highest BCUT2D eigenvalue weighted by Crippen LogP contribution is 2.47. The molecule has 0 spiro atoms. The van der Waals surface area contributed by atoms with E-state index in [-0.39, 0.29) is 23.2 Å². The van der Waals surface area contributed by atoms with Gasteiger partial charge in [-0.15, -0.1) is 5.10 Å². The molecule has 1 aliphatic rings. The van der Waals surface area contributed by atoms with E-state index in [1.54, 1.807) is 19.2 Å². The molecule has 3 aromatic rings. The monoisotopic (exact) mass is 362 g/mol. The number of nitriles is 1. The number of ether oxygens (including phenoxy) is 2. The summed E-state index contributed by atoms with van der Waals surface area (Å²) in [6.45, 7) is 0. The summed E-state index contributed by atoms with van der Waals surface area (Å²) in [5, 5.41) is 16.9. The second kappa shape index (κ2) is 6.50. The number of halogens is 1. The number of hydrogen-bond acceptors (Lipinski definition) is 5. The Morgan fingerprint density at radius 1 is 1.22 bits per heavy atom. The van der Waals surface area contributed by atoms with Gasteiger partial charge in [0.25, 0.3) is 0 Å². The van der Waals surface area contributed by atoms with Crippen LogP contribution in [0.5, 0.6) is 11.6 Å². The molecule has 1 unspecified atom stereocenters. The minimum absolute atomic E-state index is 0.00179. The number of fused-ring (bicyclic) bond motifs is 1. The maximum atomic E-state index is 13.3. The number of methoxy groups -OCH3 is 1. The number of nitrogens with one attached hydrogen (secondary N) is 1. The van der Waals surface area contributed by atoms with Crippen molar-refractivity contribution in [3.63, 3.8) is 0 Å². The van der Waals surface area contributed by atoms with E-state index in [2.05, 4.69) is 16.3 Å². The Bertz CT molecular complexity index is 1080. The van der Waals surface area contributed by atoms with Crippen LogP contribution < -0.4 is 15.2 Å². The standard InChI is InChI=1S/C20H15FN4O2/c1-26-15-5-3-2-4-13(15)16-14(10-22)19(23)27-20-17(16)18(24-25-20)11-6-8-12(21)9-7-11/h2-9,16H,23H2,1H3,(H,24,25). The molecule has 2 heterocycles. The lowest BCUT2D eigenvalue weighted by Crippen LogP contribution is -2.21. The first kappa shape index (κ1) is 16.7. The van der Waals surface area contributed by atoms with Gasteiger partial charge in [-0.1, -0.05) is 18.2 Å². The van der Waals surface area contributed by atoms with Gasteiger partial charge in [0.15, 0.2) is 0 Å². The molecule has 0 radical (unpaired) electrons. The Labute approximate surface area is 154 Å². The molecule has 7 heteroatoms. The third kappa shape index (κ3) is 2.68. The van der Waals surface area contributed by atoms with Crippen molar-refractivity contribution in [1.29, 1.82) is 5.26 Å². The van der Waals surface area contributed by atoms with Crippen LogP contribution in [-0.4, -0.2) is 17.3 Å². The van der Waals surface area contributed by atoms with E-state index in [0.29, 0.717) is 22.6 Å². The summed E-state index contributed by atoms with van der Waals surface area (Å²) in [5.74, 6) is 0.0159. The molecular formula is C20H15FN4O2. The van der Waals surface area contributed by atoms with E-state index >= 15 is 0 Å². The summed E-state index contributed by atoms with van der Waals surface area (Å²) in [5.41, 5.74) is 8.99. The van der Waals surface area contributed by atoms with Gasteiger partial charge in [0.2, 0.25) is 11.8 Å². The summed E-state index contributed by atoms with van der Waals surface area (Å²) in [7, 11) is 1.56. The fourth-order valence-corrected chi connectivity index (χ4v) is 3.30. The Morgan fingerprint density at radius 2 is 1.96 bits per heavy atom. The molecule has 134 valence electrons. The zero-order chi connectivity index (χ0) is 19.0. The van der Waals surface area contributed by atoms with E-state index in [4.69, 9.17) is 15.2 Å².